The van der Waals surface area contributed by atoms with Gasteiger partial charge in [0.05, 0.1) is 18.5 Å². The molecule has 0 N–H and O–H groups in total. The van der Waals surface area contributed by atoms with E-state index in [0.29, 0.717) is 16.6 Å². The summed E-state index contributed by atoms with van der Waals surface area (Å²) in [7, 11) is 1.62. The molecule has 0 saturated carbocycles. The van der Waals surface area contributed by atoms with Gasteiger partial charge in [0.15, 0.2) is 0 Å². The zero-order valence-corrected chi connectivity index (χ0v) is 12.8. The SMILES string of the molecule is COc1cccc(-c2nn(C(C)C)c(=O)c3cccnc23)c1. The molecule has 22 heavy (non-hydrogen) atoms. The molecule has 0 fully saturated rings. The Hall–Kier alpha value is -2.69. The van der Waals surface area contributed by atoms with Crippen molar-refractivity contribution >= 4 is 10.9 Å². The molecule has 3 rings (SSSR count). The lowest BCUT2D eigenvalue weighted by molar-refractivity contribution is 0.415. The third-order valence-corrected chi connectivity index (χ3v) is 3.51. The smallest absolute Gasteiger partial charge is 0.276 e. The Labute approximate surface area is 128 Å². The highest BCUT2D eigenvalue weighted by Gasteiger charge is 2.15. The van der Waals surface area contributed by atoms with Gasteiger partial charge in [-0.3, -0.25) is 9.78 Å². The molecule has 5 heteroatoms. The molecule has 3 aromatic rings. The van der Waals surface area contributed by atoms with E-state index in [4.69, 9.17) is 4.74 Å². The molecule has 2 heterocycles. The molecule has 0 unspecified atom stereocenters. The largest absolute Gasteiger partial charge is 0.497 e. The van der Waals surface area contributed by atoms with Crippen molar-refractivity contribution in [3.05, 3.63) is 52.9 Å². The van der Waals surface area contributed by atoms with Crippen molar-refractivity contribution in [2.45, 2.75) is 19.9 Å². The van der Waals surface area contributed by atoms with Crippen LogP contribution in [-0.4, -0.2) is 21.9 Å². The summed E-state index contributed by atoms with van der Waals surface area (Å²) < 4.78 is 6.77. The first-order valence-corrected chi connectivity index (χ1v) is 7.14. The number of hydrogen-bond acceptors (Lipinski definition) is 4. The maximum absolute atomic E-state index is 12.5. The van der Waals surface area contributed by atoms with Crippen molar-refractivity contribution in [3.8, 4) is 17.0 Å². The molecule has 0 saturated heterocycles. The molecule has 0 radical (unpaired) electrons. The molecule has 5 nitrogen and oxygen atoms in total. The van der Waals surface area contributed by atoms with Gasteiger partial charge in [-0.1, -0.05) is 12.1 Å². The second-order valence-corrected chi connectivity index (χ2v) is 5.32. The van der Waals surface area contributed by atoms with Crippen LogP contribution in [0.25, 0.3) is 22.2 Å². The third kappa shape index (κ3) is 2.35. The average molecular weight is 295 g/mol. The number of rotatable bonds is 3. The van der Waals surface area contributed by atoms with E-state index in [1.807, 2.05) is 38.1 Å². The van der Waals surface area contributed by atoms with Crippen LogP contribution in [-0.2, 0) is 0 Å². The molecule has 112 valence electrons. The summed E-state index contributed by atoms with van der Waals surface area (Å²) in [5.74, 6) is 0.741. The molecule has 1 aromatic carbocycles. The van der Waals surface area contributed by atoms with E-state index < -0.39 is 0 Å². The predicted molar refractivity (Wildman–Crippen MR) is 86.2 cm³/mol. The highest BCUT2D eigenvalue weighted by Crippen LogP contribution is 2.26. The van der Waals surface area contributed by atoms with E-state index in [2.05, 4.69) is 10.1 Å². The minimum Gasteiger partial charge on any atom is -0.497 e. The number of benzene rings is 1. The second kappa shape index (κ2) is 5.60. The van der Waals surface area contributed by atoms with Crippen molar-refractivity contribution in [1.82, 2.24) is 14.8 Å². The van der Waals surface area contributed by atoms with E-state index in [1.165, 1.54) is 4.68 Å². The zero-order chi connectivity index (χ0) is 15.7. The molecule has 2 aromatic heterocycles. The predicted octanol–water partition coefficient (Wildman–Crippen LogP) is 3.05. The van der Waals surface area contributed by atoms with E-state index in [1.54, 1.807) is 25.4 Å². The fourth-order valence-corrected chi connectivity index (χ4v) is 2.41. The standard InChI is InChI=1S/C17H17N3O2/c1-11(2)20-17(21)14-8-5-9-18-16(14)15(19-20)12-6-4-7-13(10-12)22-3/h4-11H,1-3H3. The Morgan fingerprint density at radius 1 is 1.18 bits per heavy atom. The van der Waals surface area contributed by atoms with Crippen LogP contribution in [0.4, 0.5) is 0 Å². The van der Waals surface area contributed by atoms with Gasteiger partial charge in [-0.05, 0) is 38.1 Å². The molecule has 0 atom stereocenters. The lowest BCUT2D eigenvalue weighted by atomic mass is 10.1. The minimum atomic E-state index is -0.121. The van der Waals surface area contributed by atoms with Crippen LogP contribution >= 0.6 is 0 Å². The van der Waals surface area contributed by atoms with E-state index in [0.717, 1.165) is 11.3 Å². The van der Waals surface area contributed by atoms with Gasteiger partial charge in [0.2, 0.25) is 0 Å². The summed E-state index contributed by atoms with van der Waals surface area (Å²) in [6.07, 6.45) is 1.67. The number of nitrogens with zero attached hydrogens (tertiary/aromatic N) is 3. The average Bonchev–Trinajstić information content (AvgIpc) is 2.55. The fourth-order valence-electron chi connectivity index (χ4n) is 2.41. The van der Waals surface area contributed by atoms with Gasteiger partial charge in [0, 0.05) is 11.8 Å². The topological polar surface area (TPSA) is 57.0 Å². The van der Waals surface area contributed by atoms with Gasteiger partial charge in [-0.25, -0.2) is 4.68 Å². The van der Waals surface area contributed by atoms with Gasteiger partial charge in [-0.15, -0.1) is 0 Å². The maximum atomic E-state index is 12.5. The lowest BCUT2D eigenvalue weighted by Gasteiger charge is -2.13. The molecule has 0 aliphatic carbocycles. The Kier molecular flexibility index (Phi) is 3.63. The van der Waals surface area contributed by atoms with Crippen LogP contribution in [0.1, 0.15) is 19.9 Å². The second-order valence-electron chi connectivity index (χ2n) is 5.32. The Morgan fingerprint density at radius 3 is 2.73 bits per heavy atom. The maximum Gasteiger partial charge on any atom is 0.276 e. The number of aromatic nitrogens is 3. The summed E-state index contributed by atoms with van der Waals surface area (Å²) in [6, 6.07) is 11.1. The third-order valence-electron chi connectivity index (χ3n) is 3.51. The molecule has 0 spiro atoms. The quantitative estimate of drug-likeness (QED) is 0.745. The van der Waals surface area contributed by atoms with E-state index >= 15 is 0 Å². The number of methoxy groups -OCH3 is 1. The number of hydrogen-bond donors (Lipinski definition) is 0. The van der Waals surface area contributed by atoms with Crippen LogP contribution < -0.4 is 10.3 Å². The van der Waals surface area contributed by atoms with Crippen molar-refractivity contribution in [2.24, 2.45) is 0 Å². The first kappa shape index (κ1) is 14.3. The Balaban J connectivity index is 2.37. The Morgan fingerprint density at radius 2 is 2.00 bits per heavy atom. The summed E-state index contributed by atoms with van der Waals surface area (Å²) in [4.78, 5) is 16.9. The van der Waals surface area contributed by atoms with Gasteiger partial charge in [-0.2, -0.15) is 5.10 Å². The Bertz CT molecular complexity index is 884. The lowest BCUT2D eigenvalue weighted by Crippen LogP contribution is -2.25. The first-order chi connectivity index (χ1) is 10.6. The van der Waals surface area contributed by atoms with Crippen LogP contribution in [0, 0.1) is 0 Å². The monoisotopic (exact) mass is 295 g/mol. The number of pyridine rings is 1. The molecular weight excluding hydrogens is 278 g/mol. The highest BCUT2D eigenvalue weighted by atomic mass is 16.5. The molecule has 0 bridgehead atoms. The van der Waals surface area contributed by atoms with Crippen molar-refractivity contribution in [2.75, 3.05) is 7.11 Å². The molecule has 0 aliphatic heterocycles. The molecular formula is C17H17N3O2. The van der Waals surface area contributed by atoms with Gasteiger partial charge >= 0.3 is 0 Å². The van der Waals surface area contributed by atoms with Crippen molar-refractivity contribution < 1.29 is 4.74 Å². The number of fused-ring (bicyclic) bond motifs is 1. The van der Waals surface area contributed by atoms with Crippen LogP contribution in [0.15, 0.2) is 47.4 Å². The summed E-state index contributed by atoms with van der Waals surface area (Å²) >= 11 is 0. The van der Waals surface area contributed by atoms with E-state index in [9.17, 15) is 4.79 Å². The van der Waals surface area contributed by atoms with Gasteiger partial charge in [0.25, 0.3) is 5.56 Å². The summed E-state index contributed by atoms with van der Waals surface area (Å²) in [5, 5.41) is 5.10. The number of ether oxygens (including phenoxy) is 1. The minimum absolute atomic E-state index is 0.0264. The highest BCUT2D eigenvalue weighted by molar-refractivity contribution is 5.90. The zero-order valence-electron chi connectivity index (χ0n) is 12.8. The summed E-state index contributed by atoms with van der Waals surface area (Å²) in [5.41, 5.74) is 2.04. The molecule has 0 amide bonds. The van der Waals surface area contributed by atoms with Crippen LogP contribution in [0.2, 0.25) is 0 Å². The van der Waals surface area contributed by atoms with Gasteiger partial charge < -0.3 is 4.74 Å². The van der Waals surface area contributed by atoms with Crippen molar-refractivity contribution in [1.29, 1.82) is 0 Å². The normalized spacial score (nSPS) is 11.1. The molecule has 0 aliphatic rings. The fraction of sp³-hybridized carbons (Fsp3) is 0.235. The van der Waals surface area contributed by atoms with Crippen LogP contribution in [0.5, 0.6) is 5.75 Å². The van der Waals surface area contributed by atoms with Crippen molar-refractivity contribution in [3.63, 3.8) is 0 Å². The van der Waals surface area contributed by atoms with Gasteiger partial charge in [0.1, 0.15) is 17.0 Å². The van der Waals surface area contributed by atoms with Crippen LogP contribution in [0.3, 0.4) is 0 Å². The van der Waals surface area contributed by atoms with E-state index in [-0.39, 0.29) is 11.6 Å². The summed E-state index contributed by atoms with van der Waals surface area (Å²) in [6.45, 7) is 3.87. The first-order valence-electron chi connectivity index (χ1n) is 7.14.